The van der Waals surface area contributed by atoms with Crippen molar-refractivity contribution in [3.8, 4) is 33.9 Å². The van der Waals surface area contributed by atoms with Gasteiger partial charge in [0.05, 0.1) is 19.9 Å². The van der Waals surface area contributed by atoms with E-state index in [-0.39, 0.29) is 0 Å². The molecule has 5 rings (SSSR count). The van der Waals surface area contributed by atoms with Crippen LogP contribution in [0.2, 0.25) is 0 Å². The van der Waals surface area contributed by atoms with Crippen molar-refractivity contribution in [3.05, 3.63) is 60.3 Å². The van der Waals surface area contributed by atoms with Gasteiger partial charge < -0.3 is 24.7 Å². The van der Waals surface area contributed by atoms with E-state index in [1.54, 1.807) is 14.2 Å². The lowest BCUT2D eigenvalue weighted by molar-refractivity contribution is 0.355. The summed E-state index contributed by atoms with van der Waals surface area (Å²) in [7, 11) is 3.31. The Bertz CT molecular complexity index is 1240. The SMILES string of the molecule is COc1ccc(-c2ccc3c(C)c(-c4ccc(N5CCNCC5)nc4)[nH]c3c2)cc1OC. The first-order valence-electron chi connectivity index (χ1n) is 10.9. The fourth-order valence-electron chi connectivity index (χ4n) is 4.44. The van der Waals surface area contributed by atoms with Gasteiger partial charge in [-0.1, -0.05) is 18.2 Å². The van der Waals surface area contributed by atoms with Crippen LogP contribution < -0.4 is 19.7 Å². The Kier molecular flexibility index (Phi) is 5.45. The molecule has 1 aliphatic rings. The van der Waals surface area contributed by atoms with Crippen LogP contribution in [0.15, 0.2) is 54.7 Å². The summed E-state index contributed by atoms with van der Waals surface area (Å²) in [5.74, 6) is 2.50. The molecule has 2 aromatic heterocycles. The average molecular weight is 429 g/mol. The maximum atomic E-state index is 5.47. The van der Waals surface area contributed by atoms with E-state index < -0.39 is 0 Å². The number of aryl methyl sites for hydroxylation is 1. The van der Waals surface area contributed by atoms with Crippen molar-refractivity contribution in [1.82, 2.24) is 15.3 Å². The van der Waals surface area contributed by atoms with Crippen molar-refractivity contribution in [2.75, 3.05) is 45.3 Å². The molecule has 2 aromatic carbocycles. The van der Waals surface area contributed by atoms with E-state index in [1.165, 1.54) is 10.9 Å². The van der Waals surface area contributed by atoms with Gasteiger partial charge in [-0.3, -0.25) is 0 Å². The van der Waals surface area contributed by atoms with Crippen LogP contribution in [0, 0.1) is 6.92 Å². The lowest BCUT2D eigenvalue weighted by Crippen LogP contribution is -2.43. The Morgan fingerprint density at radius 3 is 2.28 bits per heavy atom. The third-order valence-corrected chi connectivity index (χ3v) is 6.25. The molecule has 0 spiro atoms. The Morgan fingerprint density at radius 1 is 0.844 bits per heavy atom. The fraction of sp³-hybridized carbons (Fsp3) is 0.269. The second-order valence-electron chi connectivity index (χ2n) is 8.10. The average Bonchev–Trinajstić information content (AvgIpc) is 3.20. The predicted molar refractivity (Wildman–Crippen MR) is 130 cm³/mol. The van der Waals surface area contributed by atoms with E-state index in [2.05, 4.69) is 58.5 Å². The van der Waals surface area contributed by atoms with Crippen LogP contribution in [-0.2, 0) is 0 Å². The number of fused-ring (bicyclic) bond motifs is 1. The topological polar surface area (TPSA) is 62.4 Å². The number of pyridine rings is 1. The van der Waals surface area contributed by atoms with Crippen molar-refractivity contribution < 1.29 is 9.47 Å². The first-order valence-corrected chi connectivity index (χ1v) is 10.9. The van der Waals surface area contributed by atoms with E-state index in [0.29, 0.717) is 0 Å². The molecule has 3 heterocycles. The number of nitrogens with one attached hydrogen (secondary N) is 2. The molecule has 2 N–H and O–H groups in total. The van der Waals surface area contributed by atoms with Crippen LogP contribution in [0.4, 0.5) is 5.82 Å². The van der Waals surface area contributed by atoms with E-state index in [1.807, 2.05) is 18.3 Å². The Hall–Kier alpha value is -3.51. The standard InChI is InChI=1S/C26H28N4O2/c1-17-21-7-4-18(19-5-8-23(31-2)24(15-19)32-3)14-22(21)29-26(17)20-6-9-25(28-16-20)30-12-10-27-11-13-30/h4-9,14-16,27,29H,10-13H2,1-3H3. The molecule has 1 fully saturated rings. The highest BCUT2D eigenvalue weighted by Crippen LogP contribution is 2.35. The van der Waals surface area contributed by atoms with Crippen LogP contribution in [0.5, 0.6) is 11.5 Å². The zero-order chi connectivity index (χ0) is 22.1. The van der Waals surface area contributed by atoms with Crippen molar-refractivity contribution in [2.45, 2.75) is 6.92 Å². The predicted octanol–water partition coefficient (Wildman–Crippen LogP) is 4.63. The largest absolute Gasteiger partial charge is 0.493 e. The van der Waals surface area contributed by atoms with Gasteiger partial charge in [0.25, 0.3) is 0 Å². The van der Waals surface area contributed by atoms with E-state index in [0.717, 1.165) is 71.4 Å². The maximum absolute atomic E-state index is 5.47. The van der Waals surface area contributed by atoms with Crippen LogP contribution in [0.1, 0.15) is 5.56 Å². The molecule has 0 atom stereocenters. The van der Waals surface area contributed by atoms with Crippen LogP contribution in [-0.4, -0.2) is 50.4 Å². The summed E-state index contributed by atoms with van der Waals surface area (Å²) in [6, 6.07) is 16.8. The summed E-state index contributed by atoms with van der Waals surface area (Å²) < 4.78 is 10.8. The summed E-state index contributed by atoms with van der Waals surface area (Å²) in [6.45, 7) is 6.17. The van der Waals surface area contributed by atoms with Gasteiger partial charge in [0.1, 0.15) is 5.82 Å². The summed E-state index contributed by atoms with van der Waals surface area (Å²) in [6.07, 6.45) is 1.98. The molecule has 6 nitrogen and oxygen atoms in total. The fourth-order valence-corrected chi connectivity index (χ4v) is 4.44. The number of nitrogens with zero attached hydrogens (tertiary/aromatic N) is 2. The lowest BCUT2D eigenvalue weighted by Gasteiger charge is -2.28. The third-order valence-electron chi connectivity index (χ3n) is 6.25. The van der Waals surface area contributed by atoms with Gasteiger partial charge in [0, 0.05) is 48.8 Å². The molecule has 1 aliphatic heterocycles. The van der Waals surface area contributed by atoms with Crippen LogP contribution in [0.25, 0.3) is 33.3 Å². The first-order chi connectivity index (χ1) is 15.7. The number of ether oxygens (including phenoxy) is 2. The van der Waals surface area contributed by atoms with E-state index >= 15 is 0 Å². The number of rotatable bonds is 5. The van der Waals surface area contributed by atoms with E-state index in [9.17, 15) is 0 Å². The number of aromatic nitrogens is 2. The molecule has 1 saturated heterocycles. The van der Waals surface area contributed by atoms with Crippen molar-refractivity contribution in [1.29, 1.82) is 0 Å². The summed E-state index contributed by atoms with van der Waals surface area (Å²) in [5.41, 5.74) is 6.76. The second-order valence-corrected chi connectivity index (χ2v) is 8.10. The molecule has 0 saturated carbocycles. The van der Waals surface area contributed by atoms with Gasteiger partial charge in [0.2, 0.25) is 0 Å². The highest BCUT2D eigenvalue weighted by Gasteiger charge is 2.14. The van der Waals surface area contributed by atoms with Crippen LogP contribution in [0.3, 0.4) is 0 Å². The molecular weight excluding hydrogens is 400 g/mol. The molecule has 164 valence electrons. The minimum absolute atomic E-state index is 0.726. The molecule has 32 heavy (non-hydrogen) atoms. The number of anilines is 1. The van der Waals surface area contributed by atoms with Crippen molar-refractivity contribution in [3.63, 3.8) is 0 Å². The molecule has 6 heteroatoms. The minimum atomic E-state index is 0.726. The molecule has 0 bridgehead atoms. The summed E-state index contributed by atoms with van der Waals surface area (Å²) >= 11 is 0. The minimum Gasteiger partial charge on any atom is -0.493 e. The summed E-state index contributed by atoms with van der Waals surface area (Å²) in [4.78, 5) is 10.7. The molecule has 0 aliphatic carbocycles. The van der Waals surface area contributed by atoms with Gasteiger partial charge >= 0.3 is 0 Å². The number of benzene rings is 2. The smallest absolute Gasteiger partial charge is 0.161 e. The number of hydrogen-bond acceptors (Lipinski definition) is 5. The first kappa shape index (κ1) is 20.4. The maximum Gasteiger partial charge on any atom is 0.161 e. The molecule has 0 unspecified atom stereocenters. The Balaban J connectivity index is 1.48. The van der Waals surface area contributed by atoms with Gasteiger partial charge in [-0.05, 0) is 53.9 Å². The number of piperazine rings is 1. The second kappa shape index (κ2) is 8.55. The van der Waals surface area contributed by atoms with Gasteiger partial charge in [-0.15, -0.1) is 0 Å². The van der Waals surface area contributed by atoms with E-state index in [4.69, 9.17) is 14.5 Å². The normalized spacial score (nSPS) is 14.0. The number of methoxy groups -OCH3 is 2. The highest BCUT2D eigenvalue weighted by molar-refractivity contribution is 5.93. The number of aromatic amines is 1. The van der Waals surface area contributed by atoms with Gasteiger partial charge in [-0.2, -0.15) is 0 Å². The quantitative estimate of drug-likeness (QED) is 0.485. The van der Waals surface area contributed by atoms with Crippen molar-refractivity contribution in [2.24, 2.45) is 0 Å². The highest BCUT2D eigenvalue weighted by atomic mass is 16.5. The van der Waals surface area contributed by atoms with Gasteiger partial charge in [-0.25, -0.2) is 4.98 Å². The molecule has 0 radical (unpaired) electrons. The number of hydrogen-bond donors (Lipinski definition) is 2. The monoisotopic (exact) mass is 428 g/mol. The zero-order valence-corrected chi connectivity index (χ0v) is 18.7. The molecular formula is C26H28N4O2. The third kappa shape index (κ3) is 3.67. The van der Waals surface area contributed by atoms with Crippen LogP contribution >= 0.6 is 0 Å². The number of H-pyrrole nitrogens is 1. The molecule has 4 aromatic rings. The molecule has 0 amide bonds. The lowest BCUT2D eigenvalue weighted by atomic mass is 10.0. The van der Waals surface area contributed by atoms with Crippen molar-refractivity contribution >= 4 is 16.7 Å². The zero-order valence-electron chi connectivity index (χ0n) is 18.7. The summed E-state index contributed by atoms with van der Waals surface area (Å²) in [5, 5.41) is 4.60. The Morgan fingerprint density at radius 2 is 1.56 bits per heavy atom. The van der Waals surface area contributed by atoms with Gasteiger partial charge in [0.15, 0.2) is 11.5 Å². The Labute approximate surface area is 188 Å².